The molecule has 1 N–H and O–H groups in total. The first kappa shape index (κ1) is 17.0. The van der Waals surface area contributed by atoms with Crippen molar-refractivity contribution in [2.75, 3.05) is 0 Å². The molecule has 0 spiro atoms. The molecule has 3 aromatic rings. The number of hydrogen-bond acceptors (Lipinski definition) is 4. The summed E-state index contributed by atoms with van der Waals surface area (Å²) in [7, 11) is 0. The summed E-state index contributed by atoms with van der Waals surface area (Å²) in [5, 5.41) is 7.09. The topological polar surface area (TPSA) is 72.2 Å². The molecular formula is C18H20FN5O. The maximum Gasteiger partial charge on any atom is 0.252 e. The summed E-state index contributed by atoms with van der Waals surface area (Å²) in [6.45, 7) is 5.74. The number of rotatable bonds is 5. The van der Waals surface area contributed by atoms with Gasteiger partial charge in [-0.2, -0.15) is 10.1 Å². The molecule has 0 aliphatic carbocycles. The summed E-state index contributed by atoms with van der Waals surface area (Å²) >= 11 is 0. The second kappa shape index (κ2) is 6.96. The Balaban J connectivity index is 1.65. The molecule has 1 aromatic carbocycles. The first-order valence-electron chi connectivity index (χ1n) is 8.16. The van der Waals surface area contributed by atoms with E-state index in [1.165, 1.54) is 18.5 Å². The van der Waals surface area contributed by atoms with E-state index in [2.05, 4.69) is 20.4 Å². The fourth-order valence-corrected chi connectivity index (χ4v) is 2.90. The molecule has 2 aromatic heterocycles. The third-order valence-electron chi connectivity index (χ3n) is 4.34. The third kappa shape index (κ3) is 3.65. The highest BCUT2D eigenvalue weighted by molar-refractivity contribution is 5.76. The number of halogens is 1. The predicted molar refractivity (Wildman–Crippen MR) is 91.5 cm³/mol. The van der Waals surface area contributed by atoms with Crippen LogP contribution in [-0.2, 0) is 11.2 Å². The molecule has 0 bridgehead atoms. The van der Waals surface area contributed by atoms with E-state index in [0.29, 0.717) is 18.6 Å². The van der Waals surface area contributed by atoms with Crippen LogP contribution in [0.4, 0.5) is 4.39 Å². The number of aryl methyl sites for hydroxylation is 2. The van der Waals surface area contributed by atoms with Gasteiger partial charge in [0.2, 0.25) is 5.91 Å². The Morgan fingerprint density at radius 2 is 2.00 bits per heavy atom. The van der Waals surface area contributed by atoms with Gasteiger partial charge in [0.1, 0.15) is 12.1 Å². The van der Waals surface area contributed by atoms with E-state index in [9.17, 15) is 9.18 Å². The van der Waals surface area contributed by atoms with Gasteiger partial charge in [0.15, 0.2) is 0 Å². The van der Waals surface area contributed by atoms with Crippen molar-refractivity contribution in [2.45, 2.75) is 39.7 Å². The van der Waals surface area contributed by atoms with E-state index in [1.54, 1.807) is 16.6 Å². The number of nitrogens with zero attached hydrogens (tertiary/aromatic N) is 4. The van der Waals surface area contributed by atoms with Gasteiger partial charge in [-0.15, -0.1) is 0 Å². The van der Waals surface area contributed by atoms with E-state index in [0.717, 1.165) is 22.5 Å². The van der Waals surface area contributed by atoms with Gasteiger partial charge in [-0.05, 0) is 50.5 Å². The minimum absolute atomic E-state index is 0.0608. The lowest BCUT2D eigenvalue weighted by atomic mass is 10.1. The molecule has 0 fully saturated rings. The number of carbonyl (C=O) groups is 1. The Bertz CT molecular complexity index is 904. The van der Waals surface area contributed by atoms with Gasteiger partial charge < -0.3 is 5.32 Å². The van der Waals surface area contributed by atoms with Crippen LogP contribution >= 0.6 is 0 Å². The SMILES string of the molecule is Cc1nc2ncnn2c(C)c1CCC(=O)NC(C)c1ccc(F)cc1. The molecule has 0 radical (unpaired) electrons. The van der Waals surface area contributed by atoms with Gasteiger partial charge in [0, 0.05) is 17.8 Å². The molecule has 3 rings (SSSR count). The zero-order valence-corrected chi connectivity index (χ0v) is 14.5. The van der Waals surface area contributed by atoms with E-state index in [4.69, 9.17) is 0 Å². The number of fused-ring (bicyclic) bond motifs is 1. The fourth-order valence-electron chi connectivity index (χ4n) is 2.90. The standard InChI is InChI=1S/C18H20FN5O/c1-11(14-4-6-15(19)7-5-14)22-17(25)9-8-16-12(2)23-18-20-10-21-24(18)13(16)3/h4-7,10-11H,8-9H2,1-3H3,(H,22,25). The third-order valence-corrected chi connectivity index (χ3v) is 4.34. The van der Waals surface area contributed by atoms with E-state index in [-0.39, 0.29) is 17.8 Å². The number of benzene rings is 1. The maximum absolute atomic E-state index is 13.0. The molecule has 0 saturated carbocycles. The largest absolute Gasteiger partial charge is 0.350 e. The van der Waals surface area contributed by atoms with Crippen LogP contribution in [-0.4, -0.2) is 25.5 Å². The second-order valence-electron chi connectivity index (χ2n) is 6.07. The Morgan fingerprint density at radius 1 is 1.28 bits per heavy atom. The average Bonchev–Trinajstić information content (AvgIpc) is 3.03. The number of nitrogens with one attached hydrogen (secondary N) is 1. The lowest BCUT2D eigenvalue weighted by molar-refractivity contribution is -0.121. The van der Waals surface area contributed by atoms with Crippen molar-refractivity contribution in [1.29, 1.82) is 0 Å². The Labute approximate surface area is 145 Å². The molecule has 1 atom stereocenters. The van der Waals surface area contributed by atoms with Crippen LogP contribution < -0.4 is 5.32 Å². The molecule has 0 aliphatic rings. The first-order valence-corrected chi connectivity index (χ1v) is 8.16. The number of aromatic nitrogens is 4. The molecule has 2 heterocycles. The lowest BCUT2D eigenvalue weighted by Gasteiger charge is -2.15. The summed E-state index contributed by atoms with van der Waals surface area (Å²) in [5.74, 6) is 0.215. The normalized spacial score (nSPS) is 12.3. The Kier molecular flexibility index (Phi) is 4.74. The number of amides is 1. The summed E-state index contributed by atoms with van der Waals surface area (Å²) in [6, 6.07) is 5.97. The lowest BCUT2D eigenvalue weighted by Crippen LogP contribution is -2.27. The number of carbonyl (C=O) groups excluding carboxylic acids is 1. The summed E-state index contributed by atoms with van der Waals surface area (Å²) in [4.78, 5) is 20.8. The Morgan fingerprint density at radius 3 is 2.72 bits per heavy atom. The zero-order chi connectivity index (χ0) is 18.0. The Hall–Kier alpha value is -2.83. The van der Waals surface area contributed by atoms with Gasteiger partial charge >= 0.3 is 0 Å². The molecule has 0 saturated heterocycles. The highest BCUT2D eigenvalue weighted by atomic mass is 19.1. The minimum atomic E-state index is -0.288. The van der Waals surface area contributed by atoms with Crippen LogP contribution in [0.25, 0.3) is 5.78 Å². The van der Waals surface area contributed by atoms with E-state index >= 15 is 0 Å². The monoisotopic (exact) mass is 341 g/mol. The van der Waals surface area contributed by atoms with Crippen LogP contribution in [0, 0.1) is 19.7 Å². The maximum atomic E-state index is 13.0. The average molecular weight is 341 g/mol. The van der Waals surface area contributed by atoms with Gasteiger partial charge in [0.05, 0.1) is 6.04 Å². The van der Waals surface area contributed by atoms with Crippen molar-refractivity contribution < 1.29 is 9.18 Å². The van der Waals surface area contributed by atoms with Crippen molar-refractivity contribution in [1.82, 2.24) is 24.9 Å². The van der Waals surface area contributed by atoms with E-state index < -0.39 is 0 Å². The van der Waals surface area contributed by atoms with Crippen LogP contribution in [0.3, 0.4) is 0 Å². The molecule has 25 heavy (non-hydrogen) atoms. The molecule has 0 aliphatic heterocycles. The van der Waals surface area contributed by atoms with Crippen LogP contribution in [0.1, 0.15) is 41.9 Å². The predicted octanol–water partition coefficient (Wildman–Crippen LogP) is 2.69. The fraction of sp³-hybridized carbons (Fsp3) is 0.333. The van der Waals surface area contributed by atoms with Crippen molar-refractivity contribution in [3.8, 4) is 0 Å². The van der Waals surface area contributed by atoms with Crippen molar-refractivity contribution in [3.63, 3.8) is 0 Å². The highest BCUT2D eigenvalue weighted by Gasteiger charge is 2.14. The van der Waals surface area contributed by atoms with Crippen molar-refractivity contribution >= 4 is 11.7 Å². The summed E-state index contributed by atoms with van der Waals surface area (Å²) in [5.41, 5.74) is 3.67. The molecule has 6 nitrogen and oxygen atoms in total. The summed E-state index contributed by atoms with van der Waals surface area (Å²) in [6.07, 6.45) is 2.38. The van der Waals surface area contributed by atoms with Crippen molar-refractivity contribution in [2.24, 2.45) is 0 Å². The molecular weight excluding hydrogens is 321 g/mol. The van der Waals surface area contributed by atoms with Gasteiger partial charge in [-0.3, -0.25) is 4.79 Å². The molecule has 1 unspecified atom stereocenters. The van der Waals surface area contributed by atoms with Crippen LogP contribution in [0.15, 0.2) is 30.6 Å². The van der Waals surface area contributed by atoms with Crippen LogP contribution in [0.5, 0.6) is 0 Å². The van der Waals surface area contributed by atoms with Gasteiger partial charge in [-0.1, -0.05) is 12.1 Å². The zero-order valence-electron chi connectivity index (χ0n) is 14.5. The van der Waals surface area contributed by atoms with Gasteiger partial charge in [-0.25, -0.2) is 13.9 Å². The quantitative estimate of drug-likeness (QED) is 0.774. The van der Waals surface area contributed by atoms with Gasteiger partial charge in [0.25, 0.3) is 5.78 Å². The second-order valence-corrected chi connectivity index (χ2v) is 6.07. The molecule has 7 heteroatoms. The van der Waals surface area contributed by atoms with E-state index in [1.807, 2.05) is 20.8 Å². The molecule has 130 valence electrons. The van der Waals surface area contributed by atoms with Crippen LogP contribution in [0.2, 0.25) is 0 Å². The molecule has 1 amide bonds. The number of hydrogen-bond donors (Lipinski definition) is 1. The van der Waals surface area contributed by atoms with Crippen molar-refractivity contribution in [3.05, 3.63) is 58.9 Å². The minimum Gasteiger partial charge on any atom is -0.350 e. The smallest absolute Gasteiger partial charge is 0.252 e. The highest BCUT2D eigenvalue weighted by Crippen LogP contribution is 2.16. The first-order chi connectivity index (χ1) is 12.0. The summed E-state index contributed by atoms with van der Waals surface area (Å²) < 4.78 is 14.7.